The number of amides is 1. The minimum atomic E-state index is -0.0582. The van der Waals surface area contributed by atoms with E-state index in [1.165, 1.54) is 0 Å². The van der Waals surface area contributed by atoms with Gasteiger partial charge in [0.05, 0.1) is 7.11 Å². The molecular weight excluding hydrogens is 414 g/mol. The molecule has 0 radical (unpaired) electrons. The molecule has 5 nitrogen and oxygen atoms in total. The van der Waals surface area contributed by atoms with E-state index in [1.54, 1.807) is 54.5 Å². The highest BCUT2D eigenvalue weighted by Crippen LogP contribution is 2.29. The number of likely N-dealkylation sites (tertiary alicyclic amines) is 1. The number of ketones is 1. The van der Waals surface area contributed by atoms with E-state index in [0.29, 0.717) is 43.1 Å². The zero-order valence-electron chi connectivity index (χ0n) is 17.3. The van der Waals surface area contributed by atoms with Crippen molar-refractivity contribution in [1.82, 2.24) is 4.90 Å². The Labute approximate surface area is 186 Å². The molecule has 0 aliphatic carbocycles. The van der Waals surface area contributed by atoms with Gasteiger partial charge in [-0.1, -0.05) is 17.7 Å². The van der Waals surface area contributed by atoms with Crippen molar-refractivity contribution in [2.45, 2.75) is 12.8 Å². The zero-order chi connectivity index (χ0) is 21.8. The molecule has 0 spiro atoms. The summed E-state index contributed by atoms with van der Waals surface area (Å²) in [7, 11) is 1.60. The summed E-state index contributed by atoms with van der Waals surface area (Å²) in [5, 5.41) is 0.645. The molecule has 0 saturated carbocycles. The number of hydrogen-bond acceptors (Lipinski definition) is 4. The first-order valence-electron chi connectivity index (χ1n) is 10.3. The van der Waals surface area contributed by atoms with Crippen molar-refractivity contribution >= 4 is 29.4 Å². The third kappa shape index (κ3) is 5.00. The van der Waals surface area contributed by atoms with Crippen molar-refractivity contribution in [3.63, 3.8) is 0 Å². The van der Waals surface area contributed by atoms with Gasteiger partial charge in [-0.2, -0.15) is 0 Å². The van der Waals surface area contributed by atoms with E-state index >= 15 is 0 Å². The molecule has 31 heavy (non-hydrogen) atoms. The number of carbonyl (C=O) groups excluding carboxylic acids is 2. The minimum absolute atomic E-state index is 0.0480. The summed E-state index contributed by atoms with van der Waals surface area (Å²) in [4.78, 5) is 27.1. The molecule has 2 heterocycles. The highest BCUT2D eigenvalue weighted by atomic mass is 35.5. The van der Waals surface area contributed by atoms with Gasteiger partial charge in [-0.05, 0) is 67.0 Å². The maximum absolute atomic E-state index is 12.7. The lowest BCUT2D eigenvalue weighted by molar-refractivity contribution is -0.127. The van der Waals surface area contributed by atoms with Crippen LogP contribution in [-0.2, 0) is 4.79 Å². The topological polar surface area (TPSA) is 55.8 Å². The molecular formula is C25H24ClNO4. The van der Waals surface area contributed by atoms with Gasteiger partial charge in [-0.15, -0.1) is 0 Å². The Bertz CT molecular complexity index is 1030. The second-order valence-electron chi connectivity index (χ2n) is 7.72. The first-order chi connectivity index (χ1) is 15.0. The number of rotatable bonds is 5. The quantitative estimate of drug-likeness (QED) is 0.498. The first kappa shape index (κ1) is 21.2. The maximum atomic E-state index is 12.7. The summed E-state index contributed by atoms with van der Waals surface area (Å²) in [6.45, 7) is 1.56. The Kier molecular flexibility index (Phi) is 6.42. The Hall–Kier alpha value is -3.05. The molecule has 0 aromatic heterocycles. The average molecular weight is 438 g/mol. The highest BCUT2D eigenvalue weighted by Gasteiger charge is 2.27. The van der Waals surface area contributed by atoms with Crippen LogP contribution in [-0.4, -0.2) is 43.4 Å². The molecule has 0 unspecified atom stereocenters. The van der Waals surface area contributed by atoms with E-state index in [1.807, 2.05) is 18.2 Å². The average Bonchev–Trinajstić information content (AvgIpc) is 2.82. The van der Waals surface area contributed by atoms with Gasteiger partial charge in [0.25, 0.3) is 0 Å². The molecule has 2 aliphatic rings. The largest absolute Gasteiger partial charge is 0.497 e. The Morgan fingerprint density at radius 1 is 1.13 bits per heavy atom. The number of carbonyl (C=O) groups is 2. The number of ether oxygens (including phenoxy) is 2. The van der Waals surface area contributed by atoms with Gasteiger partial charge in [-0.25, -0.2) is 0 Å². The number of hydrogen-bond donors (Lipinski definition) is 0. The van der Waals surface area contributed by atoms with Gasteiger partial charge in [0.1, 0.15) is 18.1 Å². The first-order valence-corrected chi connectivity index (χ1v) is 10.7. The van der Waals surface area contributed by atoms with Gasteiger partial charge in [-0.3, -0.25) is 9.59 Å². The van der Waals surface area contributed by atoms with Gasteiger partial charge in [0, 0.05) is 41.2 Å². The maximum Gasteiger partial charge on any atom is 0.246 e. The Morgan fingerprint density at radius 2 is 1.87 bits per heavy atom. The number of piperidine rings is 1. The summed E-state index contributed by atoms with van der Waals surface area (Å²) in [5.41, 5.74) is 2.51. The highest BCUT2D eigenvalue weighted by molar-refractivity contribution is 6.30. The van der Waals surface area contributed by atoms with E-state index in [2.05, 4.69) is 0 Å². The lowest BCUT2D eigenvalue weighted by Crippen LogP contribution is -2.39. The van der Waals surface area contributed by atoms with Crippen LogP contribution in [0.3, 0.4) is 0 Å². The predicted molar refractivity (Wildman–Crippen MR) is 121 cm³/mol. The van der Waals surface area contributed by atoms with E-state index in [4.69, 9.17) is 21.1 Å². The fourth-order valence-electron chi connectivity index (χ4n) is 3.90. The van der Waals surface area contributed by atoms with Crippen molar-refractivity contribution in [3.05, 3.63) is 76.3 Å². The summed E-state index contributed by atoms with van der Waals surface area (Å²) < 4.78 is 10.9. The van der Waals surface area contributed by atoms with Crippen molar-refractivity contribution in [2.75, 3.05) is 26.8 Å². The van der Waals surface area contributed by atoms with E-state index in [-0.39, 0.29) is 17.6 Å². The van der Waals surface area contributed by atoms with Crippen LogP contribution in [0.25, 0.3) is 6.08 Å². The van der Waals surface area contributed by atoms with Crippen LogP contribution in [0.15, 0.2) is 60.2 Å². The van der Waals surface area contributed by atoms with E-state index < -0.39 is 0 Å². The molecule has 2 aliphatic heterocycles. The lowest BCUT2D eigenvalue weighted by Gasteiger charge is -2.30. The molecule has 160 valence electrons. The van der Waals surface area contributed by atoms with Gasteiger partial charge in [0.15, 0.2) is 5.78 Å². The van der Waals surface area contributed by atoms with Crippen molar-refractivity contribution in [1.29, 1.82) is 0 Å². The Morgan fingerprint density at radius 3 is 2.58 bits per heavy atom. The zero-order valence-corrected chi connectivity index (χ0v) is 18.1. The molecule has 2 aromatic carbocycles. The molecule has 1 amide bonds. The normalized spacial score (nSPS) is 16.5. The smallest absolute Gasteiger partial charge is 0.246 e. The number of methoxy groups -OCH3 is 1. The molecule has 1 fully saturated rings. The number of halogens is 1. The third-order valence-corrected chi connectivity index (χ3v) is 5.93. The van der Waals surface area contributed by atoms with E-state index in [0.717, 1.165) is 22.6 Å². The summed E-state index contributed by atoms with van der Waals surface area (Å²) in [6.07, 6.45) is 6.69. The fraction of sp³-hybridized carbons (Fsp3) is 0.280. The van der Waals surface area contributed by atoms with Crippen molar-refractivity contribution < 1.29 is 19.1 Å². The van der Waals surface area contributed by atoms with Crippen LogP contribution in [0.1, 0.15) is 28.8 Å². The van der Waals surface area contributed by atoms with E-state index in [9.17, 15) is 9.59 Å². The van der Waals surface area contributed by atoms with Gasteiger partial charge >= 0.3 is 0 Å². The molecule has 1 saturated heterocycles. The molecule has 0 bridgehead atoms. The lowest BCUT2D eigenvalue weighted by atomic mass is 9.89. The molecule has 2 aromatic rings. The summed E-state index contributed by atoms with van der Waals surface area (Å²) in [6, 6.07) is 12.7. The fourth-order valence-corrected chi connectivity index (χ4v) is 4.08. The van der Waals surface area contributed by atoms with Gasteiger partial charge < -0.3 is 14.4 Å². The van der Waals surface area contributed by atoms with Crippen LogP contribution >= 0.6 is 11.6 Å². The predicted octanol–water partition coefficient (Wildman–Crippen LogP) is 4.80. The number of fused-ring (bicyclic) bond motifs is 1. The monoisotopic (exact) mass is 437 g/mol. The number of nitrogens with zero attached hydrogens (tertiary/aromatic N) is 1. The van der Waals surface area contributed by atoms with Gasteiger partial charge in [0.2, 0.25) is 5.91 Å². The molecule has 0 atom stereocenters. The second-order valence-corrected chi connectivity index (χ2v) is 8.15. The van der Waals surface area contributed by atoms with Crippen LogP contribution in [0.5, 0.6) is 11.5 Å². The second kappa shape index (κ2) is 9.40. The minimum Gasteiger partial charge on any atom is -0.497 e. The Balaban J connectivity index is 1.32. The number of benzene rings is 2. The SMILES string of the molecule is COc1ccc(C(=O)C2CCN(C(=O)C=CC3=Cc4cc(Cl)ccc4OC3)CC2)cc1. The third-order valence-electron chi connectivity index (χ3n) is 5.70. The van der Waals surface area contributed by atoms with Crippen LogP contribution in [0.2, 0.25) is 5.02 Å². The standard InChI is InChI=1S/C25H24ClNO4/c1-30-22-6-3-18(4-7-22)25(29)19-10-12-27(13-11-19)24(28)9-2-17-14-20-15-21(26)5-8-23(20)31-16-17/h2-9,14-15,19H,10-13,16H2,1H3. The van der Waals surface area contributed by atoms with Crippen LogP contribution in [0.4, 0.5) is 0 Å². The van der Waals surface area contributed by atoms with Crippen LogP contribution in [0, 0.1) is 5.92 Å². The van der Waals surface area contributed by atoms with Crippen molar-refractivity contribution in [2.24, 2.45) is 5.92 Å². The van der Waals surface area contributed by atoms with Crippen molar-refractivity contribution in [3.8, 4) is 11.5 Å². The summed E-state index contributed by atoms with van der Waals surface area (Å²) in [5.74, 6) is 1.54. The van der Waals surface area contributed by atoms with Crippen LogP contribution < -0.4 is 9.47 Å². The molecule has 4 rings (SSSR count). The molecule has 0 N–H and O–H groups in total. The summed E-state index contributed by atoms with van der Waals surface area (Å²) >= 11 is 6.05. The molecule has 6 heteroatoms. The number of Topliss-reactive ketones (excluding diaryl/α,β-unsaturated/α-hetero) is 1.